The Morgan fingerprint density at radius 2 is 2.05 bits per heavy atom. The molecule has 0 atom stereocenters. The molecular formula is C14H9FN4. The molecule has 4 nitrogen and oxygen atoms in total. The van der Waals surface area contributed by atoms with Gasteiger partial charge in [-0.15, -0.1) is 10.2 Å². The number of benzene rings is 1. The zero-order chi connectivity index (χ0) is 13.4. The highest BCUT2D eigenvalue weighted by molar-refractivity contribution is 5.61. The Morgan fingerprint density at radius 3 is 2.79 bits per heavy atom. The molecule has 3 rings (SSSR count). The van der Waals surface area contributed by atoms with E-state index in [9.17, 15) is 4.39 Å². The number of nitrogens with zero attached hydrogens (tertiary/aromatic N) is 4. The summed E-state index contributed by atoms with van der Waals surface area (Å²) < 4.78 is 15.6. The number of hydrogen-bond donors (Lipinski definition) is 0. The number of aryl methyl sites for hydroxylation is 1. The summed E-state index contributed by atoms with van der Waals surface area (Å²) in [4.78, 5) is 0. The smallest absolute Gasteiger partial charge is 0.171 e. The summed E-state index contributed by atoms with van der Waals surface area (Å²) in [6.45, 7) is 1.82. The van der Waals surface area contributed by atoms with Crippen LogP contribution in [0.2, 0.25) is 0 Å². The molecule has 0 aliphatic heterocycles. The van der Waals surface area contributed by atoms with Gasteiger partial charge in [0.1, 0.15) is 11.9 Å². The van der Waals surface area contributed by atoms with Crippen LogP contribution in [0.25, 0.3) is 17.0 Å². The summed E-state index contributed by atoms with van der Waals surface area (Å²) in [5.74, 6) is 0.0428. The molecule has 2 aromatic heterocycles. The third-order valence-corrected chi connectivity index (χ3v) is 2.90. The zero-order valence-electron chi connectivity index (χ0n) is 10.1. The zero-order valence-corrected chi connectivity index (χ0v) is 10.1. The van der Waals surface area contributed by atoms with E-state index in [-0.39, 0.29) is 5.82 Å². The van der Waals surface area contributed by atoms with Crippen LogP contribution in [0.4, 0.5) is 4.39 Å². The van der Waals surface area contributed by atoms with E-state index in [1.165, 1.54) is 6.07 Å². The van der Waals surface area contributed by atoms with E-state index in [2.05, 4.69) is 10.2 Å². The highest BCUT2D eigenvalue weighted by Gasteiger charge is 2.12. The molecule has 2 heterocycles. The third-order valence-electron chi connectivity index (χ3n) is 2.90. The minimum atomic E-state index is -0.350. The maximum absolute atomic E-state index is 14.0. The normalized spacial score (nSPS) is 10.6. The van der Waals surface area contributed by atoms with Gasteiger partial charge in [-0.1, -0.05) is 6.07 Å². The second-order valence-electron chi connectivity index (χ2n) is 4.26. The molecule has 0 fully saturated rings. The van der Waals surface area contributed by atoms with Crippen molar-refractivity contribution < 1.29 is 4.39 Å². The van der Waals surface area contributed by atoms with Crippen molar-refractivity contribution in [3.8, 4) is 17.5 Å². The molecule has 3 aromatic rings. The largest absolute Gasteiger partial charge is 0.281 e. The van der Waals surface area contributed by atoms with Crippen molar-refractivity contribution in [1.29, 1.82) is 5.26 Å². The van der Waals surface area contributed by atoms with E-state index in [1.807, 2.05) is 19.1 Å². The maximum Gasteiger partial charge on any atom is 0.171 e. The van der Waals surface area contributed by atoms with Gasteiger partial charge in [-0.2, -0.15) is 5.26 Å². The lowest BCUT2D eigenvalue weighted by molar-refractivity contribution is 0.628. The Labute approximate surface area is 108 Å². The molecule has 0 bridgehead atoms. The quantitative estimate of drug-likeness (QED) is 0.669. The number of rotatable bonds is 1. The van der Waals surface area contributed by atoms with Gasteiger partial charge in [-0.05, 0) is 36.8 Å². The summed E-state index contributed by atoms with van der Waals surface area (Å²) in [6.07, 6.45) is 1.60. The predicted molar refractivity (Wildman–Crippen MR) is 67.8 cm³/mol. The SMILES string of the molecule is Cc1ccc(-c2nnc3ccc(C#N)cn23)c(F)c1. The van der Waals surface area contributed by atoms with Crippen LogP contribution in [0, 0.1) is 24.1 Å². The average Bonchev–Trinajstić information content (AvgIpc) is 2.81. The Hall–Kier alpha value is -2.74. The maximum atomic E-state index is 14.0. The van der Waals surface area contributed by atoms with Gasteiger partial charge in [0.25, 0.3) is 0 Å². The molecule has 0 spiro atoms. The number of hydrogen-bond acceptors (Lipinski definition) is 3. The van der Waals surface area contributed by atoms with Crippen LogP contribution in [0.5, 0.6) is 0 Å². The van der Waals surface area contributed by atoms with Gasteiger partial charge in [-0.3, -0.25) is 4.40 Å². The summed E-state index contributed by atoms with van der Waals surface area (Å²) in [5.41, 5.74) is 2.26. The van der Waals surface area contributed by atoms with Crippen molar-refractivity contribution in [1.82, 2.24) is 14.6 Å². The third kappa shape index (κ3) is 1.83. The van der Waals surface area contributed by atoms with E-state index < -0.39 is 0 Å². The van der Waals surface area contributed by atoms with Gasteiger partial charge < -0.3 is 0 Å². The van der Waals surface area contributed by atoms with Crippen LogP contribution < -0.4 is 0 Å². The lowest BCUT2D eigenvalue weighted by atomic mass is 10.1. The molecule has 0 aliphatic rings. The molecule has 1 aromatic carbocycles. The molecule has 0 N–H and O–H groups in total. The van der Waals surface area contributed by atoms with E-state index in [0.29, 0.717) is 22.6 Å². The highest BCUT2D eigenvalue weighted by atomic mass is 19.1. The standard InChI is InChI=1S/C14H9FN4/c1-9-2-4-11(12(15)6-9)14-18-17-13-5-3-10(7-16)8-19(13)14/h2-6,8H,1H3. The van der Waals surface area contributed by atoms with E-state index >= 15 is 0 Å². The molecule has 5 heteroatoms. The van der Waals surface area contributed by atoms with Crippen molar-refractivity contribution in [2.24, 2.45) is 0 Å². The van der Waals surface area contributed by atoms with Gasteiger partial charge in [0, 0.05) is 6.20 Å². The molecule has 0 aliphatic carbocycles. The van der Waals surface area contributed by atoms with Crippen LogP contribution in [-0.4, -0.2) is 14.6 Å². The first-order valence-corrected chi connectivity index (χ1v) is 5.70. The number of nitriles is 1. The van der Waals surface area contributed by atoms with Gasteiger partial charge in [0.2, 0.25) is 0 Å². The molecule has 0 saturated carbocycles. The van der Waals surface area contributed by atoms with Crippen LogP contribution in [0.1, 0.15) is 11.1 Å². The van der Waals surface area contributed by atoms with Crippen molar-refractivity contribution in [2.75, 3.05) is 0 Å². The highest BCUT2D eigenvalue weighted by Crippen LogP contribution is 2.22. The van der Waals surface area contributed by atoms with Gasteiger partial charge in [-0.25, -0.2) is 4.39 Å². The first-order chi connectivity index (χ1) is 9.19. The second-order valence-corrected chi connectivity index (χ2v) is 4.26. The summed E-state index contributed by atoms with van der Waals surface area (Å²) >= 11 is 0. The van der Waals surface area contributed by atoms with Crippen LogP contribution in [-0.2, 0) is 0 Å². The van der Waals surface area contributed by atoms with Gasteiger partial charge in [0.15, 0.2) is 11.5 Å². The fourth-order valence-electron chi connectivity index (χ4n) is 1.94. The lowest BCUT2D eigenvalue weighted by Crippen LogP contribution is -1.93. The molecule has 0 amide bonds. The molecule has 0 unspecified atom stereocenters. The van der Waals surface area contributed by atoms with E-state index in [1.54, 1.807) is 28.8 Å². The van der Waals surface area contributed by atoms with E-state index in [0.717, 1.165) is 5.56 Å². The molecular weight excluding hydrogens is 243 g/mol. The molecule has 0 radical (unpaired) electrons. The number of fused-ring (bicyclic) bond motifs is 1. The Morgan fingerprint density at radius 1 is 1.21 bits per heavy atom. The Bertz CT molecular complexity index is 814. The Kier molecular flexibility index (Phi) is 2.50. The van der Waals surface area contributed by atoms with Crippen LogP contribution in [0.15, 0.2) is 36.5 Å². The summed E-state index contributed by atoms with van der Waals surface area (Å²) in [7, 11) is 0. The molecule has 0 saturated heterocycles. The summed E-state index contributed by atoms with van der Waals surface area (Å²) in [5, 5.41) is 16.9. The van der Waals surface area contributed by atoms with Gasteiger partial charge in [0.05, 0.1) is 11.1 Å². The Balaban J connectivity index is 2.28. The minimum absolute atomic E-state index is 0.350. The minimum Gasteiger partial charge on any atom is -0.281 e. The van der Waals surface area contributed by atoms with Crippen LogP contribution in [0.3, 0.4) is 0 Å². The first-order valence-electron chi connectivity index (χ1n) is 5.70. The number of aromatic nitrogens is 3. The topological polar surface area (TPSA) is 54.0 Å². The van der Waals surface area contributed by atoms with Gasteiger partial charge >= 0.3 is 0 Å². The monoisotopic (exact) mass is 252 g/mol. The number of halogens is 1. The van der Waals surface area contributed by atoms with Crippen molar-refractivity contribution >= 4 is 5.65 Å². The molecule has 92 valence electrons. The number of pyridine rings is 1. The van der Waals surface area contributed by atoms with Crippen molar-refractivity contribution in [3.05, 3.63) is 53.5 Å². The lowest BCUT2D eigenvalue weighted by Gasteiger charge is -2.03. The molecule has 19 heavy (non-hydrogen) atoms. The first kappa shape index (κ1) is 11.4. The fourth-order valence-corrected chi connectivity index (χ4v) is 1.94. The van der Waals surface area contributed by atoms with E-state index in [4.69, 9.17) is 5.26 Å². The summed E-state index contributed by atoms with van der Waals surface area (Å²) in [6, 6.07) is 10.3. The van der Waals surface area contributed by atoms with Crippen LogP contribution >= 0.6 is 0 Å². The average molecular weight is 252 g/mol. The van der Waals surface area contributed by atoms with Crippen molar-refractivity contribution in [2.45, 2.75) is 6.92 Å². The second kappa shape index (κ2) is 4.18. The predicted octanol–water partition coefficient (Wildman–Crippen LogP) is 2.72. The van der Waals surface area contributed by atoms with Crippen molar-refractivity contribution in [3.63, 3.8) is 0 Å². The fraction of sp³-hybridized carbons (Fsp3) is 0.0714.